The number of aromatic amines is 1. The van der Waals surface area contributed by atoms with Gasteiger partial charge < -0.3 is 19.8 Å². The number of para-hydroxylation sites is 1. The summed E-state index contributed by atoms with van der Waals surface area (Å²) in [5.74, 6) is -1.92. The smallest absolute Gasteiger partial charge is 0.340 e. The Bertz CT molecular complexity index is 1300. The van der Waals surface area contributed by atoms with Gasteiger partial charge in [-0.2, -0.15) is 0 Å². The fraction of sp³-hybridized carbons (Fsp3) is 0.280. The highest BCUT2D eigenvalue weighted by Crippen LogP contribution is 2.38. The lowest BCUT2D eigenvalue weighted by molar-refractivity contribution is -0.149. The molecule has 1 fully saturated rings. The Kier molecular flexibility index (Phi) is 5.53. The van der Waals surface area contributed by atoms with Crippen LogP contribution in [0.4, 0.5) is 0 Å². The van der Waals surface area contributed by atoms with Crippen LogP contribution in [0.2, 0.25) is 0 Å². The first kappa shape index (κ1) is 21.7. The number of hydrogen-bond acceptors (Lipinski definition) is 6. The summed E-state index contributed by atoms with van der Waals surface area (Å²) in [5.41, 5.74) is 2.69. The third kappa shape index (κ3) is 3.68. The average Bonchev–Trinajstić information content (AvgIpc) is 3.53. The Morgan fingerprint density at radius 3 is 2.76 bits per heavy atom. The van der Waals surface area contributed by atoms with Gasteiger partial charge in [-0.25, -0.2) is 9.59 Å². The molecule has 2 N–H and O–H groups in total. The number of ether oxygens (including phenoxy) is 2. The van der Waals surface area contributed by atoms with Crippen molar-refractivity contribution in [3.05, 3.63) is 71.4 Å². The molecule has 3 aromatic rings. The van der Waals surface area contributed by atoms with E-state index in [1.54, 1.807) is 30.5 Å². The number of hydrogen-bond donors (Lipinski definition) is 2. The van der Waals surface area contributed by atoms with E-state index in [9.17, 15) is 19.2 Å². The van der Waals surface area contributed by atoms with E-state index in [2.05, 4.69) is 10.3 Å². The number of likely N-dealkylation sites (tertiary alicyclic amines) is 1. The maximum Gasteiger partial charge on any atom is 0.340 e. The van der Waals surface area contributed by atoms with Crippen molar-refractivity contribution < 1.29 is 28.7 Å². The first-order valence-electron chi connectivity index (χ1n) is 11.0. The van der Waals surface area contributed by atoms with Gasteiger partial charge in [0.05, 0.1) is 12.7 Å². The van der Waals surface area contributed by atoms with Crippen LogP contribution in [0.25, 0.3) is 10.9 Å². The molecule has 0 radical (unpaired) electrons. The number of carbonyl (C=O) groups is 4. The van der Waals surface area contributed by atoms with E-state index in [1.165, 1.54) is 12.0 Å². The fourth-order valence-electron chi connectivity index (χ4n) is 4.71. The van der Waals surface area contributed by atoms with E-state index in [-0.39, 0.29) is 25.2 Å². The first-order chi connectivity index (χ1) is 16.5. The summed E-state index contributed by atoms with van der Waals surface area (Å²) < 4.78 is 10.4. The topological polar surface area (TPSA) is 118 Å². The lowest BCUT2D eigenvalue weighted by Gasteiger charge is -2.30. The van der Waals surface area contributed by atoms with E-state index in [1.807, 2.05) is 24.3 Å². The van der Waals surface area contributed by atoms with Crippen molar-refractivity contribution in [1.82, 2.24) is 15.2 Å². The molecule has 3 unspecified atom stereocenters. The van der Waals surface area contributed by atoms with Crippen LogP contribution < -0.4 is 5.32 Å². The highest BCUT2D eigenvalue weighted by Gasteiger charge is 2.46. The van der Waals surface area contributed by atoms with Gasteiger partial charge in [-0.15, -0.1) is 0 Å². The van der Waals surface area contributed by atoms with Crippen LogP contribution in [-0.2, 0) is 30.3 Å². The van der Waals surface area contributed by atoms with Crippen LogP contribution >= 0.6 is 0 Å². The number of fused-ring (bicyclic) bond motifs is 2. The molecule has 9 nitrogen and oxygen atoms in total. The van der Waals surface area contributed by atoms with Crippen molar-refractivity contribution in [3.8, 4) is 0 Å². The van der Waals surface area contributed by atoms with Crippen molar-refractivity contribution in [3.63, 3.8) is 0 Å². The largest absolute Gasteiger partial charge is 0.467 e. The number of rotatable bonds is 6. The second-order valence-corrected chi connectivity index (χ2v) is 8.35. The van der Waals surface area contributed by atoms with Crippen LogP contribution in [-0.4, -0.2) is 52.8 Å². The summed E-state index contributed by atoms with van der Waals surface area (Å²) in [6.07, 6.45) is 1.43. The van der Waals surface area contributed by atoms with Crippen LogP contribution in [0.15, 0.2) is 54.7 Å². The maximum atomic E-state index is 13.3. The lowest BCUT2D eigenvalue weighted by atomic mass is 10.0. The van der Waals surface area contributed by atoms with Gasteiger partial charge in [-0.05, 0) is 24.1 Å². The molecule has 2 aromatic carbocycles. The van der Waals surface area contributed by atoms with Crippen molar-refractivity contribution in [2.24, 2.45) is 0 Å². The summed E-state index contributed by atoms with van der Waals surface area (Å²) >= 11 is 0. The standard InChI is InChI=1S/C25H23N3O6/c1-33-25(32)19(12-14-13-26-18-9-5-4-6-15(14)18)27-22(30)20-10-11-21(29)28(20)23-16-7-2-3-8-17(16)24(31)34-23/h2-9,13,19-20,23,26H,10-12H2,1H3,(H,27,30). The molecule has 3 heterocycles. The highest BCUT2D eigenvalue weighted by molar-refractivity contribution is 5.97. The maximum absolute atomic E-state index is 13.3. The Morgan fingerprint density at radius 2 is 1.94 bits per heavy atom. The number of nitrogens with zero attached hydrogens (tertiary/aromatic N) is 1. The summed E-state index contributed by atoms with van der Waals surface area (Å²) in [4.78, 5) is 55.3. The second-order valence-electron chi connectivity index (χ2n) is 8.35. The molecule has 9 heteroatoms. The van der Waals surface area contributed by atoms with Gasteiger partial charge in [0.25, 0.3) is 0 Å². The number of H-pyrrole nitrogens is 1. The lowest BCUT2D eigenvalue weighted by Crippen LogP contribution is -2.52. The Balaban J connectivity index is 1.38. The summed E-state index contributed by atoms with van der Waals surface area (Å²) in [6.45, 7) is 0. The van der Waals surface area contributed by atoms with Gasteiger partial charge in [-0.3, -0.25) is 14.5 Å². The minimum Gasteiger partial charge on any atom is -0.467 e. The zero-order valence-corrected chi connectivity index (χ0v) is 18.4. The molecule has 174 valence electrons. The number of esters is 2. The normalized spacial score (nSPS) is 20.2. The van der Waals surface area contributed by atoms with E-state index in [0.29, 0.717) is 11.1 Å². The van der Waals surface area contributed by atoms with Crippen molar-refractivity contribution in [2.75, 3.05) is 7.11 Å². The third-order valence-corrected chi connectivity index (χ3v) is 6.38. The molecule has 0 bridgehead atoms. The Labute approximate surface area is 195 Å². The van der Waals surface area contributed by atoms with Crippen LogP contribution in [0, 0.1) is 0 Å². The number of cyclic esters (lactones) is 1. The van der Waals surface area contributed by atoms with E-state index >= 15 is 0 Å². The van der Waals surface area contributed by atoms with E-state index < -0.39 is 36.2 Å². The predicted molar refractivity (Wildman–Crippen MR) is 120 cm³/mol. The molecule has 0 saturated carbocycles. The minimum atomic E-state index is -0.973. The van der Waals surface area contributed by atoms with Crippen LogP contribution in [0.5, 0.6) is 0 Å². The van der Waals surface area contributed by atoms with Crippen LogP contribution in [0.3, 0.4) is 0 Å². The van der Waals surface area contributed by atoms with E-state index in [4.69, 9.17) is 9.47 Å². The summed E-state index contributed by atoms with van der Waals surface area (Å²) in [6, 6.07) is 12.6. The van der Waals surface area contributed by atoms with Gasteiger partial charge in [0, 0.05) is 35.5 Å². The van der Waals surface area contributed by atoms with Crippen molar-refractivity contribution in [1.29, 1.82) is 0 Å². The zero-order chi connectivity index (χ0) is 23.8. The molecular weight excluding hydrogens is 438 g/mol. The molecule has 3 atom stereocenters. The number of nitrogens with one attached hydrogen (secondary N) is 2. The molecule has 0 aliphatic carbocycles. The summed E-state index contributed by atoms with van der Waals surface area (Å²) in [7, 11) is 1.26. The van der Waals surface area contributed by atoms with E-state index in [0.717, 1.165) is 16.5 Å². The quantitative estimate of drug-likeness (QED) is 0.544. The average molecular weight is 461 g/mol. The molecule has 34 heavy (non-hydrogen) atoms. The molecule has 2 amide bonds. The van der Waals surface area contributed by atoms with Gasteiger partial charge in [0.15, 0.2) is 0 Å². The molecule has 2 aliphatic heterocycles. The van der Waals surface area contributed by atoms with Gasteiger partial charge in [0.2, 0.25) is 18.0 Å². The molecule has 1 aromatic heterocycles. The minimum absolute atomic E-state index is 0.139. The van der Waals surface area contributed by atoms with Crippen LogP contribution in [0.1, 0.15) is 40.6 Å². The van der Waals surface area contributed by atoms with Gasteiger partial charge >= 0.3 is 11.9 Å². The highest BCUT2D eigenvalue weighted by atomic mass is 16.6. The SMILES string of the molecule is COC(=O)C(Cc1c[nH]c2ccccc12)NC(=O)C1CCC(=O)N1C1OC(=O)c2ccccc21. The second kappa shape index (κ2) is 8.66. The molecule has 1 saturated heterocycles. The van der Waals surface area contributed by atoms with Gasteiger partial charge in [0.1, 0.15) is 12.1 Å². The number of aromatic nitrogens is 1. The van der Waals surface area contributed by atoms with Crippen molar-refractivity contribution >= 4 is 34.7 Å². The Hall–Kier alpha value is -4.14. The Morgan fingerprint density at radius 1 is 1.18 bits per heavy atom. The molecular formula is C25H23N3O6. The van der Waals surface area contributed by atoms with Gasteiger partial charge in [-0.1, -0.05) is 36.4 Å². The molecule has 5 rings (SSSR count). The van der Waals surface area contributed by atoms with Crippen molar-refractivity contribution in [2.45, 2.75) is 37.6 Å². The number of methoxy groups -OCH3 is 1. The molecule has 0 spiro atoms. The third-order valence-electron chi connectivity index (χ3n) is 6.38. The summed E-state index contributed by atoms with van der Waals surface area (Å²) in [5, 5.41) is 3.70. The number of carbonyl (C=O) groups excluding carboxylic acids is 4. The fourth-order valence-corrected chi connectivity index (χ4v) is 4.71. The number of amides is 2. The molecule has 2 aliphatic rings. The monoisotopic (exact) mass is 461 g/mol. The zero-order valence-electron chi connectivity index (χ0n) is 18.4. The predicted octanol–water partition coefficient (Wildman–Crippen LogP) is 2.23. The number of benzene rings is 2. The first-order valence-corrected chi connectivity index (χ1v) is 11.0.